The Morgan fingerprint density at radius 3 is 2.44 bits per heavy atom. The normalized spacial score (nSPS) is 31.4. The van der Waals surface area contributed by atoms with Crippen LogP contribution in [0.2, 0.25) is 0 Å². The van der Waals surface area contributed by atoms with E-state index in [2.05, 4.69) is 13.8 Å². The van der Waals surface area contributed by atoms with Crippen LogP contribution in [0.3, 0.4) is 0 Å². The van der Waals surface area contributed by atoms with Crippen molar-refractivity contribution in [3.8, 4) is 0 Å². The number of amides is 2. The summed E-state index contributed by atoms with van der Waals surface area (Å²) in [6.07, 6.45) is 6.27. The predicted molar refractivity (Wildman–Crippen MR) is 131 cm³/mol. The third-order valence-corrected chi connectivity index (χ3v) is 7.46. The van der Waals surface area contributed by atoms with Crippen molar-refractivity contribution in [2.45, 2.75) is 96.3 Å². The minimum atomic E-state index is -0.629. The van der Waals surface area contributed by atoms with Crippen LogP contribution in [0, 0.1) is 11.8 Å². The first-order valence-electron chi connectivity index (χ1n) is 13.2. The van der Waals surface area contributed by atoms with E-state index in [1.807, 2.05) is 25.7 Å². The standard InChI is InChI=1S/C26H47N3O5/c1-20-14-21-16-25(5,19-26(15-20,17-21)33-13-12-32-11-8-27)29(23(31)34-24(2,3)4)18-22(30)28-9-6-7-10-28/h20-21H,6-19,27H2,1-5H3/t20?,21?,25?,26-/m1/s1. The first kappa shape index (κ1) is 27.2. The highest BCUT2D eigenvalue weighted by atomic mass is 16.6. The maximum atomic E-state index is 13.5. The van der Waals surface area contributed by atoms with Crippen molar-refractivity contribution in [1.82, 2.24) is 9.80 Å². The molecule has 2 amide bonds. The van der Waals surface area contributed by atoms with Crippen LogP contribution >= 0.6 is 0 Å². The third kappa shape index (κ3) is 7.08. The van der Waals surface area contributed by atoms with E-state index < -0.39 is 17.2 Å². The number of hydrogen-bond donors (Lipinski definition) is 1. The number of carbonyl (C=O) groups is 2. The number of fused-ring (bicyclic) bond motifs is 2. The molecule has 34 heavy (non-hydrogen) atoms. The van der Waals surface area contributed by atoms with Gasteiger partial charge in [0.2, 0.25) is 5.91 Å². The van der Waals surface area contributed by atoms with Gasteiger partial charge in [-0.2, -0.15) is 0 Å². The van der Waals surface area contributed by atoms with E-state index in [4.69, 9.17) is 19.9 Å². The molecule has 3 rings (SSSR count). The number of carbonyl (C=O) groups excluding carboxylic acids is 2. The summed E-state index contributed by atoms with van der Waals surface area (Å²) >= 11 is 0. The lowest BCUT2D eigenvalue weighted by atomic mass is 9.59. The van der Waals surface area contributed by atoms with E-state index in [9.17, 15) is 9.59 Å². The highest BCUT2D eigenvalue weighted by Crippen LogP contribution is 2.52. The summed E-state index contributed by atoms with van der Waals surface area (Å²) in [5.41, 5.74) is 4.07. The smallest absolute Gasteiger partial charge is 0.411 e. The summed E-state index contributed by atoms with van der Waals surface area (Å²) in [7, 11) is 0. The summed E-state index contributed by atoms with van der Waals surface area (Å²) < 4.78 is 17.9. The molecule has 3 fully saturated rings. The number of rotatable bonds is 9. The molecule has 1 saturated heterocycles. The van der Waals surface area contributed by atoms with Crippen LogP contribution < -0.4 is 5.73 Å². The molecule has 3 unspecified atom stereocenters. The van der Waals surface area contributed by atoms with Gasteiger partial charge in [0, 0.05) is 25.2 Å². The largest absolute Gasteiger partial charge is 0.444 e. The fourth-order valence-electron chi connectivity index (χ4n) is 6.54. The maximum Gasteiger partial charge on any atom is 0.411 e. The summed E-state index contributed by atoms with van der Waals surface area (Å²) in [5.74, 6) is 1.02. The molecule has 0 radical (unpaired) electrons. The van der Waals surface area contributed by atoms with Crippen LogP contribution in [0.5, 0.6) is 0 Å². The average Bonchev–Trinajstić information content (AvgIpc) is 3.24. The molecule has 2 aliphatic carbocycles. The minimum absolute atomic E-state index is 0.0128. The van der Waals surface area contributed by atoms with Gasteiger partial charge in [0.1, 0.15) is 12.1 Å². The van der Waals surface area contributed by atoms with Crippen molar-refractivity contribution in [1.29, 1.82) is 0 Å². The Balaban J connectivity index is 1.82. The van der Waals surface area contributed by atoms with Crippen LogP contribution in [0.25, 0.3) is 0 Å². The molecule has 0 aromatic heterocycles. The predicted octanol–water partition coefficient (Wildman–Crippen LogP) is 3.57. The average molecular weight is 482 g/mol. The van der Waals surface area contributed by atoms with Crippen molar-refractivity contribution in [3.63, 3.8) is 0 Å². The molecule has 4 atom stereocenters. The van der Waals surface area contributed by atoms with Gasteiger partial charge in [0.15, 0.2) is 0 Å². The Morgan fingerprint density at radius 1 is 1.09 bits per heavy atom. The van der Waals surface area contributed by atoms with E-state index in [-0.39, 0.29) is 18.1 Å². The van der Waals surface area contributed by atoms with E-state index in [1.165, 1.54) is 0 Å². The third-order valence-electron chi connectivity index (χ3n) is 7.46. The molecule has 0 spiro atoms. The molecule has 3 aliphatic rings. The van der Waals surface area contributed by atoms with Crippen LogP contribution in [0.4, 0.5) is 4.79 Å². The summed E-state index contributed by atoms with van der Waals surface area (Å²) in [6.45, 7) is 13.7. The Bertz CT molecular complexity index is 701. The Hall–Kier alpha value is -1.38. The Labute approximate surface area is 205 Å². The van der Waals surface area contributed by atoms with Crippen molar-refractivity contribution < 1.29 is 23.8 Å². The Morgan fingerprint density at radius 2 is 1.79 bits per heavy atom. The Kier molecular flexibility index (Phi) is 8.90. The van der Waals surface area contributed by atoms with Gasteiger partial charge in [0.25, 0.3) is 0 Å². The summed E-state index contributed by atoms with van der Waals surface area (Å²) in [6, 6.07) is 0. The van der Waals surface area contributed by atoms with Gasteiger partial charge in [-0.1, -0.05) is 6.92 Å². The summed E-state index contributed by atoms with van der Waals surface area (Å²) in [4.78, 5) is 30.3. The van der Waals surface area contributed by atoms with Crippen LogP contribution in [-0.2, 0) is 19.0 Å². The second kappa shape index (κ2) is 11.1. The van der Waals surface area contributed by atoms with Gasteiger partial charge >= 0.3 is 6.09 Å². The molecule has 2 N–H and O–H groups in total. The van der Waals surface area contributed by atoms with Crippen molar-refractivity contribution in [2.24, 2.45) is 17.6 Å². The second-order valence-corrected chi connectivity index (χ2v) is 12.1. The number of likely N-dealkylation sites (tertiary alicyclic amines) is 1. The fourth-order valence-corrected chi connectivity index (χ4v) is 6.54. The SMILES string of the molecule is CC1CC2CC(C)(N(CC(=O)N3CCCC3)C(=O)OC(C)(C)C)C[C@@](OCCOCCN)(C1)C2. The number of ether oxygens (including phenoxy) is 3. The molecular weight excluding hydrogens is 434 g/mol. The molecular formula is C26H47N3O5. The van der Waals surface area contributed by atoms with Gasteiger partial charge in [-0.3, -0.25) is 9.69 Å². The molecule has 0 aromatic rings. The van der Waals surface area contributed by atoms with Gasteiger partial charge in [-0.05, 0) is 84.5 Å². The molecule has 8 heteroatoms. The van der Waals surface area contributed by atoms with E-state index in [0.29, 0.717) is 44.6 Å². The lowest BCUT2D eigenvalue weighted by Gasteiger charge is -2.56. The molecule has 8 nitrogen and oxygen atoms in total. The van der Waals surface area contributed by atoms with Gasteiger partial charge in [0.05, 0.1) is 25.4 Å². The van der Waals surface area contributed by atoms with Crippen LogP contribution in [0.15, 0.2) is 0 Å². The highest BCUT2D eigenvalue weighted by molar-refractivity contribution is 5.83. The first-order chi connectivity index (χ1) is 16.0. The lowest BCUT2D eigenvalue weighted by molar-refractivity contribution is -0.164. The summed E-state index contributed by atoms with van der Waals surface area (Å²) in [5, 5.41) is 0. The van der Waals surface area contributed by atoms with E-state index >= 15 is 0 Å². The zero-order valence-corrected chi connectivity index (χ0v) is 22.1. The lowest BCUT2D eigenvalue weighted by Crippen LogP contribution is -2.63. The van der Waals surface area contributed by atoms with Crippen molar-refractivity contribution in [2.75, 3.05) is 46.0 Å². The minimum Gasteiger partial charge on any atom is -0.444 e. The maximum absolute atomic E-state index is 13.5. The van der Waals surface area contributed by atoms with Gasteiger partial charge in [-0.25, -0.2) is 4.79 Å². The molecule has 0 aromatic carbocycles. The quantitative estimate of drug-likeness (QED) is 0.506. The van der Waals surface area contributed by atoms with Crippen molar-refractivity contribution >= 4 is 12.0 Å². The zero-order valence-electron chi connectivity index (χ0n) is 22.1. The molecule has 196 valence electrons. The monoisotopic (exact) mass is 481 g/mol. The second-order valence-electron chi connectivity index (χ2n) is 12.1. The number of nitrogens with two attached hydrogens (primary N) is 1. The molecule has 2 bridgehead atoms. The molecule has 1 aliphatic heterocycles. The molecule has 1 heterocycles. The van der Waals surface area contributed by atoms with Gasteiger partial charge < -0.3 is 24.8 Å². The van der Waals surface area contributed by atoms with E-state index in [0.717, 1.165) is 51.6 Å². The van der Waals surface area contributed by atoms with Gasteiger partial charge in [-0.15, -0.1) is 0 Å². The topological polar surface area (TPSA) is 94.3 Å². The number of hydrogen-bond acceptors (Lipinski definition) is 6. The molecule has 2 saturated carbocycles. The fraction of sp³-hybridized carbons (Fsp3) is 0.923. The van der Waals surface area contributed by atoms with Crippen LogP contribution in [-0.4, -0.2) is 84.5 Å². The number of nitrogens with zero attached hydrogens (tertiary/aromatic N) is 2. The zero-order chi connectivity index (χ0) is 25.0. The first-order valence-corrected chi connectivity index (χ1v) is 13.2. The highest BCUT2D eigenvalue weighted by Gasteiger charge is 2.54. The van der Waals surface area contributed by atoms with Crippen LogP contribution in [0.1, 0.15) is 79.6 Å². The van der Waals surface area contributed by atoms with Crippen molar-refractivity contribution in [3.05, 3.63) is 0 Å². The van der Waals surface area contributed by atoms with E-state index in [1.54, 1.807) is 4.90 Å².